The fourth-order valence-corrected chi connectivity index (χ4v) is 5.27. The van der Waals surface area contributed by atoms with E-state index in [1.807, 2.05) is 38.1 Å². The van der Waals surface area contributed by atoms with Crippen LogP contribution in [0.15, 0.2) is 59.5 Å². The number of aromatic hydroxyl groups is 1. The lowest BCUT2D eigenvalue weighted by molar-refractivity contribution is 0.0570. The van der Waals surface area contributed by atoms with Crippen molar-refractivity contribution in [2.45, 2.75) is 31.8 Å². The maximum Gasteiger partial charge on any atom is 0.276 e. The molecule has 2 aromatic carbocycles. The van der Waals surface area contributed by atoms with Gasteiger partial charge in [0.05, 0.1) is 12.2 Å². The van der Waals surface area contributed by atoms with Crippen LogP contribution in [0.1, 0.15) is 47.4 Å². The number of carbonyl (C=O) groups is 1. The molecule has 1 unspecified atom stereocenters. The minimum absolute atomic E-state index is 0.0429. The van der Waals surface area contributed by atoms with Crippen molar-refractivity contribution in [3.63, 3.8) is 0 Å². The Bertz CT molecular complexity index is 1160. The average molecular weight is 641 g/mol. The van der Waals surface area contributed by atoms with Crippen LogP contribution in [0.2, 0.25) is 0 Å². The monoisotopic (exact) mass is 641 g/mol. The Balaban J connectivity index is 1.98. The van der Waals surface area contributed by atoms with E-state index in [0.29, 0.717) is 6.54 Å². The van der Waals surface area contributed by atoms with Gasteiger partial charge in [-0.2, -0.15) is 5.10 Å². The van der Waals surface area contributed by atoms with E-state index in [0.717, 1.165) is 24.5 Å². The molecule has 2 heterocycles. The SMILES string of the molecule is CC(C)N1CC(C(c2cccc(I)c2)c2cccc(I)c2)n2ncc(=O)c(O)c2C1=O. The van der Waals surface area contributed by atoms with Gasteiger partial charge in [0.2, 0.25) is 5.43 Å². The molecule has 6 nitrogen and oxygen atoms in total. The number of halogens is 2. The highest BCUT2D eigenvalue weighted by Crippen LogP contribution is 2.40. The Hall–Kier alpha value is -1.95. The molecular formula is C23H21I2N3O3. The van der Waals surface area contributed by atoms with Crippen molar-refractivity contribution < 1.29 is 9.90 Å². The first-order valence-corrected chi connectivity index (χ1v) is 12.1. The molecule has 0 fully saturated rings. The highest BCUT2D eigenvalue weighted by molar-refractivity contribution is 14.1. The molecule has 0 spiro atoms. The molecule has 160 valence electrons. The lowest BCUT2D eigenvalue weighted by Gasteiger charge is -2.41. The number of aromatic nitrogens is 2. The first-order valence-electron chi connectivity index (χ1n) is 9.90. The van der Waals surface area contributed by atoms with Crippen molar-refractivity contribution in [2.24, 2.45) is 0 Å². The highest BCUT2D eigenvalue weighted by atomic mass is 127. The molecule has 8 heteroatoms. The zero-order chi connectivity index (χ0) is 22.3. The third-order valence-electron chi connectivity index (χ3n) is 5.57. The van der Waals surface area contributed by atoms with E-state index in [4.69, 9.17) is 0 Å². The molecule has 1 aliphatic rings. The lowest BCUT2D eigenvalue weighted by Crippen LogP contribution is -2.49. The first kappa shape index (κ1) is 22.3. The molecule has 0 bridgehead atoms. The zero-order valence-corrected chi connectivity index (χ0v) is 21.3. The van der Waals surface area contributed by atoms with Gasteiger partial charge in [-0.3, -0.25) is 14.3 Å². The van der Waals surface area contributed by atoms with Crippen molar-refractivity contribution in [1.82, 2.24) is 14.7 Å². The van der Waals surface area contributed by atoms with E-state index in [2.05, 4.69) is 74.5 Å². The van der Waals surface area contributed by atoms with Crippen LogP contribution in [0.5, 0.6) is 5.75 Å². The van der Waals surface area contributed by atoms with E-state index in [1.165, 1.54) is 0 Å². The van der Waals surface area contributed by atoms with Crippen LogP contribution in [-0.2, 0) is 0 Å². The van der Waals surface area contributed by atoms with Gasteiger partial charge < -0.3 is 10.0 Å². The summed E-state index contributed by atoms with van der Waals surface area (Å²) in [5, 5.41) is 14.8. The predicted octanol–water partition coefficient (Wildman–Crippen LogP) is 4.40. The van der Waals surface area contributed by atoms with Crippen LogP contribution in [0, 0.1) is 7.14 Å². The second kappa shape index (κ2) is 8.89. The number of fused-ring (bicyclic) bond motifs is 1. The average Bonchev–Trinajstić information content (AvgIpc) is 2.72. The summed E-state index contributed by atoms with van der Waals surface area (Å²) in [4.78, 5) is 27.0. The van der Waals surface area contributed by atoms with Gasteiger partial charge in [0.1, 0.15) is 0 Å². The third-order valence-corrected chi connectivity index (χ3v) is 6.91. The van der Waals surface area contributed by atoms with Gasteiger partial charge in [0.15, 0.2) is 11.4 Å². The maximum atomic E-state index is 13.1. The van der Waals surface area contributed by atoms with E-state index in [1.54, 1.807) is 9.58 Å². The van der Waals surface area contributed by atoms with Gasteiger partial charge in [-0.25, -0.2) is 0 Å². The molecule has 0 aliphatic carbocycles. The second-order valence-corrected chi connectivity index (χ2v) is 10.3. The minimum atomic E-state index is -0.649. The van der Waals surface area contributed by atoms with Crippen LogP contribution in [0.25, 0.3) is 0 Å². The number of rotatable bonds is 4. The smallest absolute Gasteiger partial charge is 0.276 e. The van der Waals surface area contributed by atoms with Crippen molar-refractivity contribution in [3.05, 3.63) is 88.9 Å². The molecule has 0 saturated heterocycles. The highest BCUT2D eigenvalue weighted by Gasteiger charge is 2.40. The summed E-state index contributed by atoms with van der Waals surface area (Å²) in [6.07, 6.45) is 1.09. The van der Waals surface area contributed by atoms with E-state index in [9.17, 15) is 14.7 Å². The topological polar surface area (TPSA) is 75.4 Å². The molecule has 31 heavy (non-hydrogen) atoms. The third kappa shape index (κ3) is 4.23. The molecule has 4 rings (SSSR count). The standard InChI is InChI=1S/C23H21I2N3O3/c1-13(2)27-12-18(28-21(23(27)31)22(30)19(29)11-26-28)20(14-5-3-7-16(24)9-14)15-6-4-8-17(25)10-15/h3-11,13,18,20,30H,12H2,1-2H3. The van der Waals surface area contributed by atoms with Crippen molar-refractivity contribution >= 4 is 51.1 Å². The Morgan fingerprint density at radius 1 is 1.03 bits per heavy atom. The lowest BCUT2D eigenvalue weighted by atomic mass is 9.83. The van der Waals surface area contributed by atoms with Crippen LogP contribution in [0.3, 0.4) is 0 Å². The van der Waals surface area contributed by atoms with Gasteiger partial charge in [-0.15, -0.1) is 0 Å². The number of hydrogen-bond acceptors (Lipinski definition) is 4. The molecule has 1 amide bonds. The number of amides is 1. The summed E-state index contributed by atoms with van der Waals surface area (Å²) in [5.41, 5.74) is 1.48. The Morgan fingerprint density at radius 2 is 1.61 bits per heavy atom. The van der Waals surface area contributed by atoms with E-state index >= 15 is 0 Å². The maximum absolute atomic E-state index is 13.1. The summed E-state index contributed by atoms with van der Waals surface area (Å²) in [5.74, 6) is -1.05. The largest absolute Gasteiger partial charge is 0.502 e. The quantitative estimate of drug-likeness (QED) is 0.429. The number of nitrogens with zero attached hydrogens (tertiary/aromatic N) is 3. The van der Waals surface area contributed by atoms with Crippen LogP contribution in [-0.4, -0.2) is 38.3 Å². The van der Waals surface area contributed by atoms with Crippen molar-refractivity contribution in [1.29, 1.82) is 0 Å². The zero-order valence-electron chi connectivity index (χ0n) is 17.0. The summed E-state index contributed by atoms with van der Waals surface area (Å²) in [6.45, 7) is 4.28. The van der Waals surface area contributed by atoms with Crippen LogP contribution >= 0.6 is 45.2 Å². The first-order chi connectivity index (χ1) is 14.8. The van der Waals surface area contributed by atoms with Gasteiger partial charge >= 0.3 is 0 Å². The van der Waals surface area contributed by atoms with Crippen LogP contribution < -0.4 is 5.43 Å². The summed E-state index contributed by atoms with van der Waals surface area (Å²) >= 11 is 4.59. The van der Waals surface area contributed by atoms with E-state index in [-0.39, 0.29) is 29.6 Å². The van der Waals surface area contributed by atoms with Crippen molar-refractivity contribution in [3.8, 4) is 5.75 Å². The molecule has 1 aliphatic heterocycles. The molecule has 0 radical (unpaired) electrons. The minimum Gasteiger partial charge on any atom is -0.502 e. The molecular weight excluding hydrogens is 620 g/mol. The molecule has 1 atom stereocenters. The molecule has 1 N–H and O–H groups in total. The molecule has 1 aromatic heterocycles. The van der Waals surface area contributed by atoms with E-state index < -0.39 is 11.2 Å². The predicted molar refractivity (Wildman–Crippen MR) is 136 cm³/mol. The second-order valence-electron chi connectivity index (χ2n) is 7.86. The fraction of sp³-hybridized carbons (Fsp3) is 0.261. The van der Waals surface area contributed by atoms with Gasteiger partial charge in [0.25, 0.3) is 5.91 Å². The van der Waals surface area contributed by atoms with Gasteiger partial charge in [0, 0.05) is 25.6 Å². The normalized spacial score (nSPS) is 16.1. The Morgan fingerprint density at radius 3 is 2.13 bits per heavy atom. The fourth-order valence-electron chi connectivity index (χ4n) is 4.14. The number of hydrogen-bond donors (Lipinski definition) is 1. The summed E-state index contributed by atoms with van der Waals surface area (Å²) in [6, 6.07) is 16.1. The molecule has 3 aromatic rings. The number of carbonyl (C=O) groups excluding carboxylic acids is 1. The van der Waals surface area contributed by atoms with Crippen molar-refractivity contribution in [2.75, 3.05) is 6.54 Å². The van der Waals surface area contributed by atoms with Crippen LogP contribution in [0.4, 0.5) is 0 Å². The Kier molecular flexibility index (Phi) is 6.38. The summed E-state index contributed by atoms with van der Waals surface area (Å²) < 4.78 is 3.76. The Labute approximate surface area is 207 Å². The summed E-state index contributed by atoms with van der Waals surface area (Å²) in [7, 11) is 0. The number of benzene rings is 2. The van der Waals surface area contributed by atoms with Gasteiger partial charge in [-0.1, -0.05) is 24.3 Å². The van der Waals surface area contributed by atoms with Gasteiger partial charge in [-0.05, 0) is 94.4 Å². The molecule has 0 saturated carbocycles.